The third-order valence-electron chi connectivity index (χ3n) is 4.78. The highest BCUT2D eigenvalue weighted by molar-refractivity contribution is 5.86. The summed E-state index contributed by atoms with van der Waals surface area (Å²) in [5, 5.41) is 14.3. The summed E-state index contributed by atoms with van der Waals surface area (Å²) < 4.78 is 11.0. The van der Waals surface area contributed by atoms with Gasteiger partial charge in [-0.1, -0.05) is 19.9 Å². The maximum absolute atomic E-state index is 12.7. The van der Waals surface area contributed by atoms with Crippen molar-refractivity contribution < 1.29 is 19.1 Å². The van der Waals surface area contributed by atoms with Gasteiger partial charge in [0.15, 0.2) is 0 Å². The quantitative estimate of drug-likeness (QED) is 0.671. The molecular weight excluding hydrogens is 394 g/mol. The van der Waals surface area contributed by atoms with E-state index in [-0.39, 0.29) is 24.5 Å². The van der Waals surface area contributed by atoms with E-state index in [4.69, 9.17) is 14.7 Å². The molecule has 0 aliphatic rings. The van der Waals surface area contributed by atoms with E-state index in [0.29, 0.717) is 17.1 Å². The zero-order valence-electron chi connectivity index (χ0n) is 18.6. The molecule has 7 heteroatoms. The fraction of sp³-hybridized carbons (Fsp3) is 0.375. The number of ether oxygens (including phenoxy) is 2. The number of nitrogens with one attached hydrogen (secondary N) is 2. The van der Waals surface area contributed by atoms with Gasteiger partial charge in [-0.05, 0) is 74.2 Å². The van der Waals surface area contributed by atoms with Gasteiger partial charge in [-0.25, -0.2) is 4.79 Å². The zero-order valence-corrected chi connectivity index (χ0v) is 18.6. The Morgan fingerprint density at radius 1 is 0.968 bits per heavy atom. The number of aryl methyl sites for hydroxylation is 2. The van der Waals surface area contributed by atoms with Crippen molar-refractivity contribution >= 4 is 12.0 Å². The lowest BCUT2D eigenvalue weighted by Crippen LogP contribution is -2.53. The van der Waals surface area contributed by atoms with E-state index in [9.17, 15) is 9.59 Å². The van der Waals surface area contributed by atoms with E-state index < -0.39 is 12.1 Å². The van der Waals surface area contributed by atoms with Crippen LogP contribution in [0.5, 0.6) is 11.5 Å². The summed E-state index contributed by atoms with van der Waals surface area (Å²) in [5.41, 5.74) is 2.66. The predicted octanol–water partition coefficient (Wildman–Crippen LogP) is 3.87. The van der Waals surface area contributed by atoms with Crippen LogP contribution in [0.1, 0.15) is 37.5 Å². The van der Waals surface area contributed by atoms with Crippen molar-refractivity contribution in [2.45, 2.75) is 46.7 Å². The smallest absolute Gasteiger partial charge is 0.413 e. The number of amides is 2. The van der Waals surface area contributed by atoms with Crippen LogP contribution in [-0.4, -0.2) is 30.7 Å². The van der Waals surface area contributed by atoms with Crippen LogP contribution in [0, 0.1) is 31.1 Å². The molecule has 2 rings (SSSR count). The summed E-state index contributed by atoms with van der Waals surface area (Å²) >= 11 is 0. The molecule has 2 aromatic rings. The SMILES string of the molecule is Cc1ccc(OC(=O)N[C@H](C(=O)NC(C)COc2ccc(C#N)cc2)C(C)C)cc1C. The molecule has 0 fully saturated rings. The van der Waals surface area contributed by atoms with Crippen molar-refractivity contribution in [1.82, 2.24) is 10.6 Å². The first kappa shape index (κ1) is 23.7. The summed E-state index contributed by atoms with van der Waals surface area (Å²) in [6.45, 7) is 9.66. The maximum Gasteiger partial charge on any atom is 0.413 e. The molecule has 7 nitrogen and oxygen atoms in total. The number of rotatable bonds is 8. The van der Waals surface area contributed by atoms with Gasteiger partial charge in [0.1, 0.15) is 24.1 Å². The fourth-order valence-corrected chi connectivity index (χ4v) is 2.80. The third kappa shape index (κ3) is 7.34. The summed E-state index contributed by atoms with van der Waals surface area (Å²) in [4.78, 5) is 25.0. The minimum atomic E-state index is -0.753. The lowest BCUT2D eigenvalue weighted by Gasteiger charge is -2.24. The average molecular weight is 424 g/mol. The van der Waals surface area contributed by atoms with Crippen LogP contribution < -0.4 is 20.1 Å². The summed E-state index contributed by atoms with van der Waals surface area (Å²) in [5.74, 6) is 0.574. The van der Waals surface area contributed by atoms with Gasteiger partial charge in [0.25, 0.3) is 0 Å². The number of carbonyl (C=O) groups is 2. The molecule has 0 saturated heterocycles. The van der Waals surface area contributed by atoms with Gasteiger partial charge in [0.2, 0.25) is 5.91 Å². The van der Waals surface area contributed by atoms with E-state index >= 15 is 0 Å². The number of hydrogen-bond donors (Lipinski definition) is 2. The second-order valence-electron chi connectivity index (χ2n) is 7.86. The normalized spacial score (nSPS) is 12.4. The number of nitrogens with zero attached hydrogens (tertiary/aromatic N) is 1. The maximum atomic E-state index is 12.7. The highest BCUT2D eigenvalue weighted by atomic mass is 16.6. The predicted molar refractivity (Wildman–Crippen MR) is 118 cm³/mol. The number of hydrogen-bond acceptors (Lipinski definition) is 5. The van der Waals surface area contributed by atoms with Gasteiger partial charge in [-0.3, -0.25) is 4.79 Å². The molecular formula is C24H29N3O4. The van der Waals surface area contributed by atoms with Crippen molar-refractivity contribution in [1.29, 1.82) is 5.26 Å². The molecule has 2 N–H and O–H groups in total. The molecule has 0 heterocycles. The highest BCUT2D eigenvalue weighted by Gasteiger charge is 2.26. The molecule has 1 unspecified atom stereocenters. The molecule has 31 heavy (non-hydrogen) atoms. The Balaban J connectivity index is 1.88. The first-order valence-electron chi connectivity index (χ1n) is 10.2. The number of benzene rings is 2. The molecule has 0 aliphatic carbocycles. The van der Waals surface area contributed by atoms with Crippen LogP contribution in [0.4, 0.5) is 4.79 Å². The van der Waals surface area contributed by atoms with E-state index in [1.165, 1.54) is 0 Å². The molecule has 0 aliphatic heterocycles. The molecule has 0 spiro atoms. The molecule has 2 aromatic carbocycles. The molecule has 0 aromatic heterocycles. The molecule has 2 atom stereocenters. The van der Waals surface area contributed by atoms with Gasteiger partial charge in [-0.2, -0.15) is 5.26 Å². The van der Waals surface area contributed by atoms with Crippen LogP contribution in [0.25, 0.3) is 0 Å². The first-order valence-corrected chi connectivity index (χ1v) is 10.2. The largest absolute Gasteiger partial charge is 0.491 e. The summed E-state index contributed by atoms with van der Waals surface area (Å²) in [7, 11) is 0. The Bertz CT molecular complexity index is 948. The Morgan fingerprint density at radius 2 is 1.61 bits per heavy atom. The highest BCUT2D eigenvalue weighted by Crippen LogP contribution is 2.17. The number of carbonyl (C=O) groups excluding carboxylic acids is 2. The summed E-state index contributed by atoms with van der Waals surface area (Å²) in [6.07, 6.45) is -0.682. The van der Waals surface area contributed by atoms with Crippen LogP contribution >= 0.6 is 0 Å². The Morgan fingerprint density at radius 3 is 2.19 bits per heavy atom. The molecule has 2 amide bonds. The van der Waals surface area contributed by atoms with Gasteiger partial charge in [0.05, 0.1) is 17.7 Å². The van der Waals surface area contributed by atoms with Gasteiger partial charge < -0.3 is 20.1 Å². The van der Waals surface area contributed by atoms with E-state index in [1.54, 1.807) is 36.4 Å². The number of nitriles is 1. The molecule has 0 radical (unpaired) electrons. The Kier molecular flexibility index (Phi) is 8.44. The molecule has 0 bridgehead atoms. The lowest BCUT2D eigenvalue weighted by atomic mass is 10.0. The lowest BCUT2D eigenvalue weighted by molar-refractivity contribution is -0.124. The van der Waals surface area contributed by atoms with Crippen molar-refractivity contribution in [3.63, 3.8) is 0 Å². The van der Waals surface area contributed by atoms with Crippen molar-refractivity contribution in [3.8, 4) is 17.6 Å². The average Bonchev–Trinajstić information content (AvgIpc) is 2.73. The molecule has 0 saturated carbocycles. The van der Waals surface area contributed by atoms with Crippen LogP contribution in [-0.2, 0) is 4.79 Å². The van der Waals surface area contributed by atoms with Gasteiger partial charge in [0, 0.05) is 0 Å². The van der Waals surface area contributed by atoms with Gasteiger partial charge in [-0.15, -0.1) is 0 Å². The van der Waals surface area contributed by atoms with Crippen LogP contribution in [0.2, 0.25) is 0 Å². The van der Waals surface area contributed by atoms with Crippen molar-refractivity contribution in [2.24, 2.45) is 5.92 Å². The topological polar surface area (TPSA) is 100 Å². The minimum Gasteiger partial charge on any atom is -0.491 e. The Labute approximate surface area is 183 Å². The second-order valence-corrected chi connectivity index (χ2v) is 7.86. The third-order valence-corrected chi connectivity index (χ3v) is 4.78. The van der Waals surface area contributed by atoms with Crippen molar-refractivity contribution in [2.75, 3.05) is 6.61 Å². The standard InChI is InChI=1S/C24H29N3O4/c1-15(2)22(27-24(29)31-21-9-6-16(3)17(4)12-21)23(28)26-18(5)14-30-20-10-7-19(13-25)8-11-20/h6-12,15,18,22H,14H2,1-5H3,(H,26,28)(H,27,29)/t18?,22-/m0/s1. The summed E-state index contributed by atoms with van der Waals surface area (Å²) in [6, 6.07) is 13.1. The second kappa shape index (κ2) is 11.0. The first-order chi connectivity index (χ1) is 14.7. The van der Waals surface area contributed by atoms with Crippen LogP contribution in [0.15, 0.2) is 42.5 Å². The van der Waals surface area contributed by atoms with E-state index in [1.807, 2.05) is 46.8 Å². The minimum absolute atomic E-state index is 0.140. The fourth-order valence-electron chi connectivity index (χ4n) is 2.80. The zero-order chi connectivity index (χ0) is 23.0. The van der Waals surface area contributed by atoms with E-state index in [2.05, 4.69) is 10.6 Å². The van der Waals surface area contributed by atoms with E-state index in [0.717, 1.165) is 11.1 Å². The van der Waals surface area contributed by atoms with Crippen molar-refractivity contribution in [3.05, 3.63) is 59.2 Å². The Hall–Kier alpha value is -3.53. The molecule has 164 valence electrons. The van der Waals surface area contributed by atoms with Gasteiger partial charge >= 0.3 is 6.09 Å². The monoisotopic (exact) mass is 423 g/mol. The van der Waals surface area contributed by atoms with Crippen LogP contribution in [0.3, 0.4) is 0 Å².